The molecule has 0 aliphatic heterocycles. The molecule has 0 saturated carbocycles. The predicted molar refractivity (Wildman–Crippen MR) is 114 cm³/mol. The third kappa shape index (κ3) is 5.87. The number of amides is 1. The molecule has 5 nitrogen and oxygen atoms in total. The Morgan fingerprint density at radius 1 is 1.12 bits per heavy atom. The number of carbonyl (C=O) groups excluding carboxylic acids is 1. The van der Waals surface area contributed by atoms with Crippen LogP contribution in [0.4, 0.5) is 23.2 Å². The second kappa shape index (κ2) is 9.99. The van der Waals surface area contributed by atoms with Crippen molar-refractivity contribution in [1.82, 2.24) is 4.98 Å². The average molecular weight is 462 g/mol. The average Bonchev–Trinajstić information content (AvgIpc) is 2.79. The van der Waals surface area contributed by atoms with Crippen molar-refractivity contribution in [1.29, 1.82) is 0 Å². The van der Waals surface area contributed by atoms with E-state index in [2.05, 4.69) is 4.98 Å². The van der Waals surface area contributed by atoms with Gasteiger partial charge in [0.25, 0.3) is 5.91 Å². The molecule has 1 amide bonds. The molecule has 1 atom stereocenters. The van der Waals surface area contributed by atoms with Crippen LogP contribution in [-0.2, 0) is 17.4 Å². The molecule has 9 heteroatoms. The van der Waals surface area contributed by atoms with E-state index in [0.29, 0.717) is 17.0 Å². The lowest BCUT2D eigenvalue weighted by molar-refractivity contribution is -0.141. The number of rotatable bonds is 7. The van der Waals surface area contributed by atoms with E-state index in [-0.39, 0.29) is 18.5 Å². The topological polar surface area (TPSA) is 62.7 Å². The van der Waals surface area contributed by atoms with E-state index in [9.17, 15) is 27.5 Å². The fraction of sp³-hybridized carbons (Fsp3) is 0.250. The summed E-state index contributed by atoms with van der Waals surface area (Å²) in [6.07, 6.45) is -4.82. The number of ether oxygens (including phenoxy) is 1. The summed E-state index contributed by atoms with van der Waals surface area (Å²) in [5, 5.41) is 10.6. The smallest absolute Gasteiger partial charge is 0.433 e. The van der Waals surface area contributed by atoms with Gasteiger partial charge in [0, 0.05) is 24.5 Å². The van der Waals surface area contributed by atoms with Crippen LogP contribution >= 0.6 is 0 Å². The van der Waals surface area contributed by atoms with Crippen molar-refractivity contribution >= 4 is 11.6 Å². The van der Waals surface area contributed by atoms with E-state index in [1.54, 1.807) is 18.2 Å². The highest BCUT2D eigenvalue weighted by molar-refractivity contribution is 5.97. The van der Waals surface area contributed by atoms with E-state index in [1.807, 2.05) is 6.92 Å². The van der Waals surface area contributed by atoms with Crippen LogP contribution in [0.5, 0.6) is 5.75 Å². The number of pyridine rings is 1. The Balaban J connectivity index is 1.88. The van der Waals surface area contributed by atoms with Crippen LogP contribution < -0.4 is 9.64 Å². The highest BCUT2D eigenvalue weighted by atomic mass is 19.4. The number of aromatic nitrogens is 1. The minimum Gasteiger partial charge on any atom is -0.496 e. The number of alkyl halides is 3. The number of anilines is 1. The maximum absolute atomic E-state index is 13.2. The van der Waals surface area contributed by atoms with Crippen LogP contribution in [0, 0.1) is 12.7 Å². The molecule has 3 aromatic rings. The highest BCUT2D eigenvalue weighted by Crippen LogP contribution is 2.29. The number of carbonyl (C=O) groups is 1. The molecule has 33 heavy (non-hydrogen) atoms. The second-order valence-corrected chi connectivity index (χ2v) is 7.40. The minimum atomic E-state index is -4.54. The molecular formula is C24H22F4N2O3. The van der Waals surface area contributed by atoms with Gasteiger partial charge in [-0.15, -0.1) is 0 Å². The van der Waals surface area contributed by atoms with Crippen LogP contribution in [0.3, 0.4) is 0 Å². The fourth-order valence-electron chi connectivity index (χ4n) is 3.26. The van der Waals surface area contributed by atoms with Crippen molar-refractivity contribution in [2.24, 2.45) is 0 Å². The minimum absolute atomic E-state index is 0.0519. The Morgan fingerprint density at radius 2 is 1.82 bits per heavy atom. The second-order valence-electron chi connectivity index (χ2n) is 7.40. The molecule has 1 heterocycles. The molecule has 0 bridgehead atoms. The number of benzene rings is 2. The number of aliphatic hydroxyl groups excluding tert-OH is 1. The van der Waals surface area contributed by atoms with Gasteiger partial charge in [-0.3, -0.25) is 9.78 Å². The van der Waals surface area contributed by atoms with E-state index in [1.165, 1.54) is 30.2 Å². The van der Waals surface area contributed by atoms with Gasteiger partial charge in [-0.25, -0.2) is 4.39 Å². The molecule has 0 spiro atoms. The van der Waals surface area contributed by atoms with Gasteiger partial charge in [-0.05, 0) is 54.3 Å². The van der Waals surface area contributed by atoms with Gasteiger partial charge in [0.15, 0.2) is 6.10 Å². The third-order valence-corrected chi connectivity index (χ3v) is 5.13. The zero-order valence-corrected chi connectivity index (χ0v) is 17.9. The van der Waals surface area contributed by atoms with Gasteiger partial charge in [-0.1, -0.05) is 24.3 Å². The molecule has 0 saturated heterocycles. The molecule has 174 valence electrons. The van der Waals surface area contributed by atoms with Gasteiger partial charge >= 0.3 is 6.18 Å². The molecule has 0 aliphatic rings. The Labute approximate surface area is 188 Å². The lowest BCUT2D eigenvalue weighted by Gasteiger charge is -2.26. The Morgan fingerprint density at radius 3 is 2.39 bits per heavy atom. The zero-order chi connectivity index (χ0) is 24.2. The number of aryl methyl sites for hydroxylation is 1. The van der Waals surface area contributed by atoms with Gasteiger partial charge in [0.05, 0.1) is 7.11 Å². The van der Waals surface area contributed by atoms with Crippen LogP contribution in [0.1, 0.15) is 28.5 Å². The maximum Gasteiger partial charge on any atom is 0.433 e. The van der Waals surface area contributed by atoms with Crippen LogP contribution in [-0.4, -0.2) is 29.7 Å². The Kier molecular flexibility index (Phi) is 7.33. The van der Waals surface area contributed by atoms with Gasteiger partial charge in [0.1, 0.15) is 17.3 Å². The summed E-state index contributed by atoms with van der Waals surface area (Å²) in [6, 6.07) is 12.1. The van der Waals surface area contributed by atoms with Crippen LogP contribution in [0.25, 0.3) is 0 Å². The van der Waals surface area contributed by atoms with Gasteiger partial charge < -0.3 is 14.7 Å². The molecule has 0 unspecified atom stereocenters. The predicted octanol–water partition coefficient (Wildman–Crippen LogP) is 4.87. The quantitative estimate of drug-likeness (QED) is 0.509. The molecule has 0 fully saturated rings. The lowest BCUT2D eigenvalue weighted by atomic mass is 10.1. The molecule has 3 rings (SSSR count). The third-order valence-electron chi connectivity index (χ3n) is 5.13. The first-order valence-corrected chi connectivity index (χ1v) is 10.0. The van der Waals surface area contributed by atoms with Crippen LogP contribution in [0.15, 0.2) is 60.8 Å². The first-order chi connectivity index (χ1) is 15.6. The normalized spacial score (nSPS) is 12.3. The number of nitrogens with zero attached hydrogens (tertiary/aromatic N) is 2. The summed E-state index contributed by atoms with van der Waals surface area (Å²) >= 11 is 0. The number of aliphatic hydroxyl groups is 1. The monoisotopic (exact) mass is 462 g/mol. The van der Waals surface area contributed by atoms with Crippen molar-refractivity contribution in [2.75, 3.05) is 18.6 Å². The standard InChI is InChI=1S/C24H22F4N2O3/c1-15-3-9-19(13-20(15)33-2)30(23(32)22(31)17-5-7-18(25)8-6-17)12-11-16-4-10-21(29-14-16)24(26,27)28/h3-10,13-14,22,31H,11-12H2,1-2H3/t22-/m0/s1. The molecule has 1 aromatic heterocycles. The summed E-state index contributed by atoms with van der Waals surface area (Å²) in [7, 11) is 1.49. The fourth-order valence-corrected chi connectivity index (χ4v) is 3.26. The van der Waals surface area contributed by atoms with E-state index in [4.69, 9.17) is 4.74 Å². The van der Waals surface area contributed by atoms with Crippen molar-refractivity contribution in [3.63, 3.8) is 0 Å². The number of hydrogen-bond donors (Lipinski definition) is 1. The van der Waals surface area contributed by atoms with Gasteiger partial charge in [0.2, 0.25) is 0 Å². The van der Waals surface area contributed by atoms with Crippen LogP contribution in [0.2, 0.25) is 0 Å². The summed E-state index contributed by atoms with van der Waals surface area (Å²) in [5.74, 6) is -0.654. The molecule has 0 radical (unpaired) electrons. The van der Waals surface area contributed by atoms with E-state index >= 15 is 0 Å². The summed E-state index contributed by atoms with van der Waals surface area (Å²) < 4.78 is 56.8. The first-order valence-electron chi connectivity index (χ1n) is 10.0. The highest BCUT2D eigenvalue weighted by Gasteiger charge is 2.32. The number of methoxy groups -OCH3 is 1. The largest absolute Gasteiger partial charge is 0.496 e. The molecule has 2 aromatic carbocycles. The van der Waals surface area contributed by atoms with Crippen molar-refractivity contribution in [3.05, 3.63) is 89.0 Å². The van der Waals surface area contributed by atoms with Crippen molar-refractivity contribution in [3.8, 4) is 5.75 Å². The number of halogens is 4. The van der Waals surface area contributed by atoms with Gasteiger partial charge in [-0.2, -0.15) is 13.2 Å². The summed E-state index contributed by atoms with van der Waals surface area (Å²) in [4.78, 5) is 18.0. The zero-order valence-electron chi connectivity index (χ0n) is 17.9. The lowest BCUT2D eigenvalue weighted by Crippen LogP contribution is -2.37. The Hall–Kier alpha value is -3.46. The van der Waals surface area contributed by atoms with E-state index < -0.39 is 29.7 Å². The van der Waals surface area contributed by atoms with Crippen molar-refractivity contribution in [2.45, 2.75) is 25.6 Å². The Bertz CT molecular complexity index is 1100. The SMILES string of the molecule is COc1cc(N(CCc2ccc(C(F)(F)F)nc2)C(=O)[C@@H](O)c2ccc(F)cc2)ccc1C. The maximum atomic E-state index is 13.2. The number of hydrogen-bond acceptors (Lipinski definition) is 4. The molecule has 1 N–H and O–H groups in total. The summed E-state index contributed by atoms with van der Waals surface area (Å²) in [6.45, 7) is 1.88. The van der Waals surface area contributed by atoms with Crippen molar-refractivity contribution < 1.29 is 32.2 Å². The first kappa shape index (κ1) is 24.2. The summed E-state index contributed by atoms with van der Waals surface area (Å²) in [5.41, 5.74) is 0.954. The molecular weight excluding hydrogens is 440 g/mol. The van der Waals surface area contributed by atoms with E-state index in [0.717, 1.165) is 30.0 Å². The molecule has 0 aliphatic carbocycles.